The minimum absolute atomic E-state index is 0.170. The highest BCUT2D eigenvalue weighted by molar-refractivity contribution is 6.30. The lowest BCUT2D eigenvalue weighted by Crippen LogP contribution is -2.23. The van der Waals surface area contributed by atoms with Gasteiger partial charge in [-0.15, -0.1) is 0 Å². The summed E-state index contributed by atoms with van der Waals surface area (Å²) >= 11 is 5.97. The van der Waals surface area contributed by atoms with Crippen LogP contribution in [0.1, 0.15) is 43.7 Å². The molecule has 1 aromatic rings. The molecule has 2 N–H and O–H groups in total. The fourth-order valence-corrected chi connectivity index (χ4v) is 2.68. The second kappa shape index (κ2) is 5.00. The van der Waals surface area contributed by atoms with Crippen LogP contribution >= 0.6 is 11.6 Å². The maximum Gasteiger partial charge on any atom is 0.0409 e. The van der Waals surface area contributed by atoms with Gasteiger partial charge in [-0.25, -0.2) is 0 Å². The van der Waals surface area contributed by atoms with Crippen LogP contribution in [0, 0.1) is 5.92 Å². The molecule has 1 aliphatic carbocycles. The van der Waals surface area contributed by atoms with Crippen LogP contribution in [0.4, 0.5) is 0 Å². The molecule has 0 aromatic heterocycles. The Morgan fingerprint density at radius 1 is 1.20 bits per heavy atom. The van der Waals surface area contributed by atoms with Crippen molar-refractivity contribution in [3.63, 3.8) is 0 Å². The molecule has 0 bridgehead atoms. The molecule has 1 fully saturated rings. The maximum atomic E-state index is 6.28. The van der Waals surface area contributed by atoms with Gasteiger partial charge in [0.25, 0.3) is 0 Å². The summed E-state index contributed by atoms with van der Waals surface area (Å²) in [5.41, 5.74) is 7.47. The first kappa shape index (κ1) is 11.0. The average Bonchev–Trinajstić information content (AvgIpc) is 2.29. The summed E-state index contributed by atoms with van der Waals surface area (Å²) in [6.07, 6.45) is 6.58. The number of benzene rings is 1. The highest BCUT2D eigenvalue weighted by atomic mass is 35.5. The van der Waals surface area contributed by atoms with Crippen molar-refractivity contribution >= 4 is 11.6 Å². The fourth-order valence-electron chi connectivity index (χ4n) is 2.48. The van der Waals surface area contributed by atoms with E-state index in [-0.39, 0.29) is 6.04 Å². The minimum Gasteiger partial charge on any atom is -0.324 e. The Labute approximate surface area is 96.6 Å². The van der Waals surface area contributed by atoms with Crippen molar-refractivity contribution in [2.45, 2.75) is 38.1 Å². The molecule has 0 aliphatic heterocycles. The van der Waals surface area contributed by atoms with Crippen molar-refractivity contribution < 1.29 is 0 Å². The lowest BCUT2D eigenvalue weighted by molar-refractivity contribution is 0.308. The molecule has 15 heavy (non-hydrogen) atoms. The highest BCUT2D eigenvalue weighted by Gasteiger charge is 2.21. The zero-order valence-corrected chi connectivity index (χ0v) is 9.71. The molecule has 1 saturated carbocycles. The predicted molar refractivity (Wildman–Crippen MR) is 65.0 cm³/mol. The molecule has 0 saturated heterocycles. The van der Waals surface area contributed by atoms with Crippen LogP contribution in [0.3, 0.4) is 0 Å². The average molecular weight is 224 g/mol. The van der Waals surface area contributed by atoms with Crippen molar-refractivity contribution in [1.82, 2.24) is 0 Å². The third-order valence-electron chi connectivity index (χ3n) is 3.39. The molecule has 0 radical (unpaired) electrons. The SMILES string of the molecule is NC(c1cccc(Cl)c1)C1CCCCC1. The van der Waals surface area contributed by atoms with Gasteiger partial charge in [-0.3, -0.25) is 0 Å². The molecular formula is C13H18ClN. The van der Waals surface area contributed by atoms with E-state index in [1.54, 1.807) is 0 Å². The lowest BCUT2D eigenvalue weighted by atomic mass is 9.81. The van der Waals surface area contributed by atoms with Crippen LogP contribution in [-0.4, -0.2) is 0 Å². The number of halogens is 1. The van der Waals surface area contributed by atoms with E-state index >= 15 is 0 Å². The maximum absolute atomic E-state index is 6.28. The summed E-state index contributed by atoms with van der Waals surface area (Å²) in [6.45, 7) is 0. The monoisotopic (exact) mass is 223 g/mol. The molecule has 0 amide bonds. The third kappa shape index (κ3) is 2.73. The zero-order chi connectivity index (χ0) is 10.7. The van der Waals surface area contributed by atoms with Crippen molar-refractivity contribution in [2.75, 3.05) is 0 Å². The Balaban J connectivity index is 2.08. The largest absolute Gasteiger partial charge is 0.324 e. The summed E-state index contributed by atoms with van der Waals surface area (Å²) in [5.74, 6) is 0.650. The molecule has 2 rings (SSSR count). The molecule has 0 spiro atoms. The Hall–Kier alpha value is -0.530. The van der Waals surface area contributed by atoms with Gasteiger partial charge in [0.05, 0.1) is 0 Å². The van der Waals surface area contributed by atoms with E-state index in [0.29, 0.717) is 5.92 Å². The number of hydrogen-bond donors (Lipinski definition) is 1. The van der Waals surface area contributed by atoms with Crippen LogP contribution in [0.25, 0.3) is 0 Å². The quantitative estimate of drug-likeness (QED) is 0.808. The molecule has 1 aromatic carbocycles. The topological polar surface area (TPSA) is 26.0 Å². The standard InChI is InChI=1S/C13H18ClN/c14-12-8-4-7-11(9-12)13(15)10-5-2-1-3-6-10/h4,7-10,13H,1-3,5-6,15H2. The Morgan fingerprint density at radius 2 is 1.93 bits per heavy atom. The summed E-state index contributed by atoms with van der Waals surface area (Å²) in [6, 6.07) is 8.15. The van der Waals surface area contributed by atoms with Crippen LogP contribution in [0.5, 0.6) is 0 Å². The Morgan fingerprint density at radius 3 is 2.60 bits per heavy atom. The molecule has 82 valence electrons. The van der Waals surface area contributed by atoms with Gasteiger partial charge in [-0.05, 0) is 36.5 Å². The van der Waals surface area contributed by atoms with E-state index < -0.39 is 0 Å². The highest BCUT2D eigenvalue weighted by Crippen LogP contribution is 2.33. The van der Waals surface area contributed by atoms with E-state index in [1.807, 2.05) is 18.2 Å². The summed E-state index contributed by atoms with van der Waals surface area (Å²) in [5, 5.41) is 0.791. The van der Waals surface area contributed by atoms with Crippen molar-refractivity contribution in [3.8, 4) is 0 Å². The van der Waals surface area contributed by atoms with Gasteiger partial charge >= 0.3 is 0 Å². The zero-order valence-electron chi connectivity index (χ0n) is 8.95. The molecule has 1 unspecified atom stereocenters. The van der Waals surface area contributed by atoms with E-state index in [2.05, 4.69) is 6.07 Å². The van der Waals surface area contributed by atoms with E-state index in [0.717, 1.165) is 5.02 Å². The number of nitrogens with two attached hydrogens (primary N) is 1. The van der Waals surface area contributed by atoms with Gasteiger partial charge in [0, 0.05) is 11.1 Å². The number of hydrogen-bond acceptors (Lipinski definition) is 1. The third-order valence-corrected chi connectivity index (χ3v) is 3.63. The summed E-state index contributed by atoms with van der Waals surface area (Å²) in [7, 11) is 0. The molecule has 1 nitrogen and oxygen atoms in total. The fraction of sp³-hybridized carbons (Fsp3) is 0.538. The van der Waals surface area contributed by atoms with Gasteiger partial charge < -0.3 is 5.73 Å². The van der Waals surface area contributed by atoms with E-state index in [4.69, 9.17) is 17.3 Å². The van der Waals surface area contributed by atoms with Gasteiger partial charge in [-0.2, -0.15) is 0 Å². The Bertz CT molecular complexity index is 318. The van der Waals surface area contributed by atoms with Crippen LogP contribution in [0.2, 0.25) is 5.02 Å². The molecular weight excluding hydrogens is 206 g/mol. The van der Waals surface area contributed by atoms with Gasteiger partial charge in [0.1, 0.15) is 0 Å². The van der Waals surface area contributed by atoms with Crippen molar-refractivity contribution in [3.05, 3.63) is 34.9 Å². The Kier molecular flexibility index (Phi) is 3.66. The van der Waals surface area contributed by atoms with Crippen LogP contribution < -0.4 is 5.73 Å². The molecule has 2 heteroatoms. The second-order valence-corrected chi connectivity index (χ2v) is 4.92. The smallest absolute Gasteiger partial charge is 0.0409 e. The van der Waals surface area contributed by atoms with E-state index in [1.165, 1.54) is 37.7 Å². The second-order valence-electron chi connectivity index (χ2n) is 4.48. The molecule has 0 heterocycles. The molecule has 1 aliphatic rings. The minimum atomic E-state index is 0.170. The van der Waals surface area contributed by atoms with Gasteiger partial charge in [-0.1, -0.05) is 43.0 Å². The first-order valence-electron chi connectivity index (χ1n) is 5.78. The van der Waals surface area contributed by atoms with Crippen molar-refractivity contribution in [1.29, 1.82) is 0 Å². The van der Waals surface area contributed by atoms with Crippen LogP contribution in [-0.2, 0) is 0 Å². The normalized spacial score (nSPS) is 20.1. The summed E-state index contributed by atoms with van der Waals surface area (Å²) < 4.78 is 0. The van der Waals surface area contributed by atoms with E-state index in [9.17, 15) is 0 Å². The van der Waals surface area contributed by atoms with Gasteiger partial charge in [0.2, 0.25) is 0 Å². The number of rotatable bonds is 2. The summed E-state index contributed by atoms with van der Waals surface area (Å²) in [4.78, 5) is 0. The first-order chi connectivity index (χ1) is 7.27. The lowest BCUT2D eigenvalue weighted by Gasteiger charge is -2.27. The predicted octanol–water partition coefficient (Wildman–Crippen LogP) is 3.92. The van der Waals surface area contributed by atoms with Crippen LogP contribution in [0.15, 0.2) is 24.3 Å². The van der Waals surface area contributed by atoms with Crippen molar-refractivity contribution in [2.24, 2.45) is 11.7 Å². The first-order valence-corrected chi connectivity index (χ1v) is 6.16. The molecule has 1 atom stereocenters. The van der Waals surface area contributed by atoms with Gasteiger partial charge in [0.15, 0.2) is 0 Å².